The van der Waals surface area contributed by atoms with Gasteiger partial charge in [0.2, 0.25) is 5.91 Å². The molecule has 122 valence electrons. The predicted octanol–water partition coefficient (Wildman–Crippen LogP) is 3.02. The van der Waals surface area contributed by atoms with Gasteiger partial charge in [-0.25, -0.2) is 0 Å². The first-order chi connectivity index (χ1) is 11.0. The average molecular weight is 331 g/mol. The molecule has 5 heteroatoms. The monoisotopic (exact) mass is 331 g/mol. The quantitative estimate of drug-likeness (QED) is 0.848. The lowest BCUT2D eigenvalue weighted by atomic mass is 10.1. The Morgan fingerprint density at radius 2 is 1.87 bits per heavy atom. The van der Waals surface area contributed by atoms with Crippen LogP contribution in [0.1, 0.15) is 35.3 Å². The zero-order chi connectivity index (χ0) is 16.8. The molecule has 0 saturated carbocycles. The zero-order valence-electron chi connectivity index (χ0n) is 13.3. The number of rotatable bonds is 7. The highest BCUT2D eigenvalue weighted by atomic mass is 32.2. The van der Waals surface area contributed by atoms with Gasteiger partial charge in [0.05, 0.1) is 11.9 Å². The Morgan fingerprint density at radius 1 is 1.13 bits per heavy atom. The number of primary amides is 1. The van der Waals surface area contributed by atoms with Gasteiger partial charge in [-0.3, -0.25) is 9.00 Å². The van der Waals surface area contributed by atoms with Gasteiger partial charge in [0, 0.05) is 27.7 Å². The van der Waals surface area contributed by atoms with Crippen LogP contribution in [0.4, 0.5) is 0 Å². The number of ether oxygens (including phenoxy) is 1. The summed E-state index contributed by atoms with van der Waals surface area (Å²) in [7, 11) is -1.10. The number of hydrogen-bond acceptors (Lipinski definition) is 3. The summed E-state index contributed by atoms with van der Waals surface area (Å²) in [6.45, 7) is 3.92. The van der Waals surface area contributed by atoms with Crippen molar-refractivity contribution in [3.63, 3.8) is 0 Å². The lowest BCUT2D eigenvalue weighted by molar-refractivity contribution is 0.1000. The van der Waals surface area contributed by atoms with Crippen molar-refractivity contribution in [3.8, 4) is 5.75 Å². The molecule has 2 N–H and O–H groups in total. The van der Waals surface area contributed by atoms with Crippen molar-refractivity contribution in [3.05, 3.63) is 65.2 Å². The topological polar surface area (TPSA) is 69.4 Å². The number of benzene rings is 2. The highest BCUT2D eigenvalue weighted by Crippen LogP contribution is 2.22. The van der Waals surface area contributed by atoms with E-state index in [0.717, 1.165) is 16.9 Å². The Kier molecular flexibility index (Phi) is 5.93. The summed E-state index contributed by atoms with van der Waals surface area (Å²) >= 11 is 0. The fraction of sp³-hybridized carbons (Fsp3) is 0.278. The summed E-state index contributed by atoms with van der Waals surface area (Å²) in [5, 5.41) is 0. The van der Waals surface area contributed by atoms with E-state index in [1.807, 2.05) is 44.2 Å². The third kappa shape index (κ3) is 5.21. The molecule has 0 fully saturated rings. The standard InChI is InChI=1S/C18H21NO3S/c1-13(2)22-17-9-4-3-7-16(17)12-23(21)11-14-6-5-8-15(10-14)18(19)20/h3-10,13H,11-12H2,1-2H3,(H2,19,20)/t23-/m0/s1. The Labute approximate surface area is 139 Å². The van der Waals surface area contributed by atoms with Gasteiger partial charge in [0.15, 0.2) is 0 Å². The largest absolute Gasteiger partial charge is 0.491 e. The number of hydrogen-bond donors (Lipinski definition) is 1. The van der Waals surface area contributed by atoms with Crippen LogP contribution in [0, 0.1) is 0 Å². The van der Waals surface area contributed by atoms with E-state index in [9.17, 15) is 9.00 Å². The van der Waals surface area contributed by atoms with Crippen LogP contribution in [0.2, 0.25) is 0 Å². The van der Waals surface area contributed by atoms with Gasteiger partial charge in [-0.2, -0.15) is 0 Å². The Hall–Kier alpha value is -2.14. The molecule has 2 aromatic rings. The molecule has 1 atom stereocenters. The second-order valence-electron chi connectivity index (χ2n) is 5.57. The first-order valence-electron chi connectivity index (χ1n) is 7.44. The lowest BCUT2D eigenvalue weighted by Gasteiger charge is -2.14. The molecule has 23 heavy (non-hydrogen) atoms. The highest BCUT2D eigenvalue weighted by Gasteiger charge is 2.10. The van der Waals surface area contributed by atoms with Crippen LogP contribution in [0.3, 0.4) is 0 Å². The van der Waals surface area contributed by atoms with E-state index in [-0.39, 0.29) is 6.10 Å². The predicted molar refractivity (Wildman–Crippen MR) is 92.7 cm³/mol. The minimum absolute atomic E-state index is 0.0665. The molecule has 1 amide bonds. The van der Waals surface area contributed by atoms with E-state index in [2.05, 4.69) is 0 Å². The second-order valence-corrected chi connectivity index (χ2v) is 7.02. The van der Waals surface area contributed by atoms with Crippen molar-refractivity contribution in [2.45, 2.75) is 31.5 Å². The molecule has 0 unspecified atom stereocenters. The average Bonchev–Trinajstić information content (AvgIpc) is 2.49. The highest BCUT2D eigenvalue weighted by molar-refractivity contribution is 7.83. The van der Waals surface area contributed by atoms with Crippen molar-refractivity contribution in [1.29, 1.82) is 0 Å². The molecular formula is C18H21NO3S. The minimum Gasteiger partial charge on any atom is -0.491 e. The molecule has 0 saturated heterocycles. The molecule has 0 heterocycles. The van der Waals surface area contributed by atoms with Crippen LogP contribution in [0.15, 0.2) is 48.5 Å². The third-order valence-electron chi connectivity index (χ3n) is 3.19. The Bertz CT molecular complexity index is 713. The third-order valence-corrected chi connectivity index (χ3v) is 4.48. The first kappa shape index (κ1) is 17.2. The molecule has 0 aromatic heterocycles. The van der Waals surface area contributed by atoms with E-state index in [1.165, 1.54) is 0 Å². The van der Waals surface area contributed by atoms with Crippen LogP contribution in [-0.2, 0) is 22.3 Å². The maximum atomic E-state index is 12.4. The van der Waals surface area contributed by atoms with Gasteiger partial charge in [-0.05, 0) is 37.6 Å². The summed E-state index contributed by atoms with van der Waals surface area (Å²) in [5.41, 5.74) is 7.46. The van der Waals surface area contributed by atoms with E-state index in [4.69, 9.17) is 10.5 Å². The van der Waals surface area contributed by atoms with Crippen molar-refractivity contribution >= 4 is 16.7 Å². The molecule has 2 rings (SSSR count). The van der Waals surface area contributed by atoms with Crippen LogP contribution < -0.4 is 10.5 Å². The fourth-order valence-electron chi connectivity index (χ4n) is 2.22. The van der Waals surface area contributed by atoms with E-state index >= 15 is 0 Å². The molecule has 2 aromatic carbocycles. The van der Waals surface area contributed by atoms with Crippen LogP contribution in [0.25, 0.3) is 0 Å². The summed E-state index contributed by atoms with van der Waals surface area (Å²) in [4.78, 5) is 11.2. The van der Waals surface area contributed by atoms with Crippen LogP contribution in [0.5, 0.6) is 5.75 Å². The van der Waals surface area contributed by atoms with Crippen molar-refractivity contribution < 1.29 is 13.7 Å². The molecule has 4 nitrogen and oxygen atoms in total. The number of carbonyl (C=O) groups is 1. The number of amides is 1. The first-order valence-corrected chi connectivity index (χ1v) is 8.93. The van der Waals surface area contributed by atoms with Crippen LogP contribution >= 0.6 is 0 Å². The van der Waals surface area contributed by atoms with Gasteiger partial charge in [0.25, 0.3) is 0 Å². The normalized spacial score (nSPS) is 12.1. The zero-order valence-corrected chi connectivity index (χ0v) is 14.1. The van der Waals surface area contributed by atoms with E-state index < -0.39 is 16.7 Å². The molecule has 0 bridgehead atoms. The second kappa shape index (κ2) is 7.92. The van der Waals surface area contributed by atoms with Crippen molar-refractivity contribution in [1.82, 2.24) is 0 Å². The number of nitrogens with two attached hydrogens (primary N) is 1. The van der Waals surface area contributed by atoms with Crippen molar-refractivity contribution in [2.24, 2.45) is 5.73 Å². The van der Waals surface area contributed by atoms with Crippen LogP contribution in [-0.4, -0.2) is 16.2 Å². The summed E-state index contributed by atoms with van der Waals surface area (Å²) in [5.74, 6) is 1.07. The van der Waals surface area contributed by atoms with Gasteiger partial charge >= 0.3 is 0 Å². The molecule has 0 aliphatic rings. The minimum atomic E-state index is -1.10. The van der Waals surface area contributed by atoms with Gasteiger partial charge < -0.3 is 10.5 Å². The van der Waals surface area contributed by atoms with Gasteiger partial charge in [-0.1, -0.05) is 30.3 Å². The van der Waals surface area contributed by atoms with E-state index in [1.54, 1.807) is 18.2 Å². The number of carbonyl (C=O) groups excluding carboxylic acids is 1. The number of para-hydroxylation sites is 1. The molecule has 0 radical (unpaired) electrons. The fourth-order valence-corrected chi connectivity index (χ4v) is 3.46. The maximum Gasteiger partial charge on any atom is 0.248 e. The summed E-state index contributed by atoms with van der Waals surface area (Å²) in [6.07, 6.45) is 0.0665. The van der Waals surface area contributed by atoms with Gasteiger partial charge in [0.1, 0.15) is 5.75 Å². The SMILES string of the molecule is CC(C)Oc1ccccc1C[S@@](=O)Cc1cccc(C(N)=O)c1. The van der Waals surface area contributed by atoms with Gasteiger partial charge in [-0.15, -0.1) is 0 Å². The summed E-state index contributed by atoms with van der Waals surface area (Å²) < 4.78 is 18.2. The smallest absolute Gasteiger partial charge is 0.248 e. The Balaban J connectivity index is 2.08. The molecule has 0 spiro atoms. The maximum absolute atomic E-state index is 12.4. The summed E-state index contributed by atoms with van der Waals surface area (Å²) in [6, 6.07) is 14.6. The van der Waals surface area contributed by atoms with E-state index in [0.29, 0.717) is 17.1 Å². The molecular weight excluding hydrogens is 310 g/mol. The molecule has 0 aliphatic heterocycles. The van der Waals surface area contributed by atoms with Crippen molar-refractivity contribution in [2.75, 3.05) is 0 Å². The Morgan fingerprint density at radius 3 is 2.57 bits per heavy atom. The lowest BCUT2D eigenvalue weighted by Crippen LogP contribution is -2.11. The molecule has 0 aliphatic carbocycles.